The van der Waals surface area contributed by atoms with E-state index in [-0.39, 0.29) is 24.3 Å². The molecule has 0 amide bonds. The molecule has 2 nitrogen and oxygen atoms in total. The monoisotopic (exact) mass is 245 g/mol. The molecule has 1 saturated heterocycles. The average Bonchev–Trinajstić information content (AvgIpc) is 2.29. The molecule has 0 saturated carbocycles. The molecule has 1 heterocycles. The highest BCUT2D eigenvalue weighted by atomic mass is 35.5. The maximum Gasteiger partial charge on any atom is 0.131 e. The number of hydrogen-bond donors (Lipinski definition) is 1. The molecule has 16 heavy (non-hydrogen) atoms. The molecule has 1 aromatic carbocycles. The number of ether oxygens (including phenoxy) is 1. The van der Waals surface area contributed by atoms with Gasteiger partial charge >= 0.3 is 0 Å². The number of piperidine rings is 1. The summed E-state index contributed by atoms with van der Waals surface area (Å²) in [6.45, 7) is 0.960. The Hall–Kier alpha value is -0.800. The minimum absolute atomic E-state index is 0. The smallest absolute Gasteiger partial charge is 0.131 e. The standard InChI is InChI=1S/C12H16FNO.ClH/c1-15-11-7-4-5-9(13)12(11)10-6-2-3-8-14-10;/h4-5,7,10,14H,2-3,6,8H2,1H3;1H/t10-;/m0./s1. The summed E-state index contributed by atoms with van der Waals surface area (Å²) in [6.07, 6.45) is 3.31. The van der Waals surface area contributed by atoms with E-state index in [0.717, 1.165) is 19.4 Å². The zero-order valence-corrected chi connectivity index (χ0v) is 10.1. The first-order chi connectivity index (χ1) is 7.33. The van der Waals surface area contributed by atoms with Gasteiger partial charge in [0.2, 0.25) is 0 Å². The van der Waals surface area contributed by atoms with Crippen LogP contribution in [0.15, 0.2) is 18.2 Å². The first kappa shape index (κ1) is 13.3. The van der Waals surface area contributed by atoms with Crippen LogP contribution < -0.4 is 10.1 Å². The fourth-order valence-corrected chi connectivity index (χ4v) is 2.13. The fraction of sp³-hybridized carbons (Fsp3) is 0.500. The average molecular weight is 246 g/mol. The van der Waals surface area contributed by atoms with Crippen molar-refractivity contribution in [1.82, 2.24) is 5.32 Å². The van der Waals surface area contributed by atoms with Crippen LogP contribution in [0.2, 0.25) is 0 Å². The largest absolute Gasteiger partial charge is 0.496 e. The molecule has 0 unspecified atom stereocenters. The molecular formula is C12H17ClFNO. The Balaban J connectivity index is 0.00000128. The number of rotatable bonds is 2. The van der Waals surface area contributed by atoms with Gasteiger partial charge in [-0.15, -0.1) is 12.4 Å². The predicted molar refractivity (Wildman–Crippen MR) is 64.8 cm³/mol. The maximum atomic E-state index is 13.7. The molecule has 1 fully saturated rings. The Labute approximate surface area is 102 Å². The van der Waals surface area contributed by atoms with Gasteiger partial charge in [-0.25, -0.2) is 4.39 Å². The topological polar surface area (TPSA) is 21.3 Å². The predicted octanol–water partition coefficient (Wildman–Crippen LogP) is 3.07. The van der Waals surface area contributed by atoms with E-state index in [9.17, 15) is 4.39 Å². The lowest BCUT2D eigenvalue weighted by Crippen LogP contribution is -2.27. The molecule has 1 aromatic rings. The van der Waals surface area contributed by atoms with Crippen LogP contribution in [-0.4, -0.2) is 13.7 Å². The van der Waals surface area contributed by atoms with Gasteiger partial charge in [0.25, 0.3) is 0 Å². The van der Waals surface area contributed by atoms with Crippen molar-refractivity contribution < 1.29 is 9.13 Å². The van der Waals surface area contributed by atoms with Crippen LogP contribution >= 0.6 is 12.4 Å². The van der Waals surface area contributed by atoms with Crippen molar-refractivity contribution in [2.75, 3.05) is 13.7 Å². The highest BCUT2D eigenvalue weighted by Gasteiger charge is 2.21. The van der Waals surface area contributed by atoms with Crippen molar-refractivity contribution in [2.45, 2.75) is 25.3 Å². The molecule has 1 atom stereocenters. The molecule has 2 rings (SSSR count). The van der Waals surface area contributed by atoms with E-state index in [4.69, 9.17) is 4.74 Å². The van der Waals surface area contributed by atoms with E-state index in [1.807, 2.05) is 6.07 Å². The summed E-state index contributed by atoms with van der Waals surface area (Å²) in [5.41, 5.74) is 0.680. The summed E-state index contributed by atoms with van der Waals surface area (Å²) in [5.74, 6) is 0.475. The molecule has 1 aliphatic heterocycles. The van der Waals surface area contributed by atoms with Crippen LogP contribution in [0.3, 0.4) is 0 Å². The van der Waals surface area contributed by atoms with E-state index in [2.05, 4.69) is 5.32 Å². The van der Waals surface area contributed by atoms with Crippen LogP contribution in [0.5, 0.6) is 5.75 Å². The summed E-state index contributed by atoms with van der Waals surface area (Å²) >= 11 is 0. The van der Waals surface area contributed by atoms with Gasteiger partial charge in [0, 0.05) is 11.6 Å². The number of hydrogen-bond acceptors (Lipinski definition) is 2. The Kier molecular flexibility index (Phi) is 5.03. The lowest BCUT2D eigenvalue weighted by atomic mass is 9.96. The maximum absolute atomic E-state index is 13.7. The minimum Gasteiger partial charge on any atom is -0.496 e. The molecule has 0 radical (unpaired) electrons. The highest BCUT2D eigenvalue weighted by Crippen LogP contribution is 2.32. The van der Waals surface area contributed by atoms with Crippen LogP contribution in [0.4, 0.5) is 4.39 Å². The van der Waals surface area contributed by atoms with E-state index in [1.165, 1.54) is 12.5 Å². The van der Waals surface area contributed by atoms with Crippen molar-refractivity contribution in [2.24, 2.45) is 0 Å². The summed E-state index contributed by atoms with van der Waals surface area (Å²) in [6, 6.07) is 5.10. The summed E-state index contributed by atoms with van der Waals surface area (Å²) in [5, 5.41) is 3.33. The number of benzene rings is 1. The van der Waals surface area contributed by atoms with Gasteiger partial charge in [0.1, 0.15) is 11.6 Å². The molecule has 0 spiro atoms. The Morgan fingerprint density at radius 1 is 1.38 bits per heavy atom. The van der Waals surface area contributed by atoms with Gasteiger partial charge in [-0.1, -0.05) is 12.5 Å². The Morgan fingerprint density at radius 3 is 2.81 bits per heavy atom. The van der Waals surface area contributed by atoms with Crippen molar-refractivity contribution >= 4 is 12.4 Å². The Morgan fingerprint density at radius 2 is 2.19 bits per heavy atom. The molecular weight excluding hydrogens is 229 g/mol. The lowest BCUT2D eigenvalue weighted by Gasteiger charge is -2.25. The van der Waals surface area contributed by atoms with Gasteiger partial charge in [-0.05, 0) is 31.5 Å². The lowest BCUT2D eigenvalue weighted by molar-refractivity contribution is 0.362. The van der Waals surface area contributed by atoms with Gasteiger partial charge in [0.15, 0.2) is 0 Å². The SMILES string of the molecule is COc1cccc(F)c1[C@@H]1CCCCN1.Cl. The highest BCUT2D eigenvalue weighted by molar-refractivity contribution is 5.85. The fourth-order valence-electron chi connectivity index (χ4n) is 2.13. The Bertz CT molecular complexity index is 340. The molecule has 0 aliphatic carbocycles. The van der Waals surface area contributed by atoms with E-state index < -0.39 is 0 Å². The second-order valence-electron chi connectivity index (χ2n) is 3.86. The van der Waals surface area contributed by atoms with Crippen molar-refractivity contribution in [3.63, 3.8) is 0 Å². The van der Waals surface area contributed by atoms with Gasteiger partial charge in [-0.3, -0.25) is 0 Å². The summed E-state index contributed by atoms with van der Waals surface area (Å²) < 4.78 is 18.9. The third-order valence-electron chi connectivity index (χ3n) is 2.89. The van der Waals surface area contributed by atoms with E-state index in [1.54, 1.807) is 13.2 Å². The normalized spacial score (nSPS) is 20.0. The van der Waals surface area contributed by atoms with Gasteiger partial charge in [0.05, 0.1) is 7.11 Å². The molecule has 0 aromatic heterocycles. The van der Waals surface area contributed by atoms with Crippen molar-refractivity contribution in [3.05, 3.63) is 29.6 Å². The third-order valence-corrected chi connectivity index (χ3v) is 2.89. The van der Waals surface area contributed by atoms with E-state index in [0.29, 0.717) is 11.3 Å². The number of nitrogens with one attached hydrogen (secondary N) is 1. The molecule has 1 N–H and O–H groups in total. The minimum atomic E-state index is -0.172. The van der Waals surface area contributed by atoms with Gasteiger partial charge < -0.3 is 10.1 Å². The van der Waals surface area contributed by atoms with Crippen LogP contribution in [-0.2, 0) is 0 Å². The van der Waals surface area contributed by atoms with Crippen LogP contribution in [0.25, 0.3) is 0 Å². The molecule has 1 aliphatic rings. The quantitative estimate of drug-likeness (QED) is 0.865. The van der Waals surface area contributed by atoms with Crippen LogP contribution in [0, 0.1) is 5.82 Å². The first-order valence-corrected chi connectivity index (χ1v) is 5.38. The number of methoxy groups -OCH3 is 1. The summed E-state index contributed by atoms with van der Waals surface area (Å²) in [4.78, 5) is 0. The van der Waals surface area contributed by atoms with Crippen molar-refractivity contribution in [3.8, 4) is 5.75 Å². The molecule has 4 heteroatoms. The van der Waals surface area contributed by atoms with E-state index >= 15 is 0 Å². The van der Waals surface area contributed by atoms with Crippen LogP contribution in [0.1, 0.15) is 30.9 Å². The third kappa shape index (κ3) is 2.66. The second-order valence-corrected chi connectivity index (χ2v) is 3.86. The zero-order chi connectivity index (χ0) is 10.7. The van der Waals surface area contributed by atoms with Crippen molar-refractivity contribution in [1.29, 1.82) is 0 Å². The first-order valence-electron chi connectivity index (χ1n) is 5.38. The second kappa shape index (κ2) is 6.06. The molecule has 90 valence electrons. The number of halogens is 2. The summed E-state index contributed by atoms with van der Waals surface area (Å²) in [7, 11) is 1.58. The molecule has 0 bridgehead atoms. The van der Waals surface area contributed by atoms with Gasteiger partial charge in [-0.2, -0.15) is 0 Å². The zero-order valence-electron chi connectivity index (χ0n) is 9.33.